The lowest BCUT2D eigenvalue weighted by Gasteiger charge is -2.41. The van der Waals surface area contributed by atoms with E-state index in [0.717, 1.165) is 37.2 Å². The number of carbonyl (C=O) groups excluding carboxylic acids is 2. The number of piperazine rings is 1. The molecule has 0 aromatic carbocycles. The van der Waals surface area contributed by atoms with E-state index in [1.807, 2.05) is 30.7 Å². The summed E-state index contributed by atoms with van der Waals surface area (Å²) in [6.45, 7) is 7.56. The van der Waals surface area contributed by atoms with Crippen molar-refractivity contribution in [3.05, 3.63) is 17.0 Å². The average Bonchev–Trinajstić information content (AvgIpc) is 3.05. The highest BCUT2D eigenvalue weighted by Gasteiger charge is 2.35. The number of hydrogen-bond acceptors (Lipinski definition) is 5. The molecule has 0 saturated carbocycles. The second kappa shape index (κ2) is 7.24. The van der Waals surface area contributed by atoms with Gasteiger partial charge in [0, 0.05) is 44.2 Å². The molecule has 8 heteroatoms. The lowest BCUT2D eigenvalue weighted by molar-refractivity contribution is -0.138. The van der Waals surface area contributed by atoms with Crippen molar-refractivity contribution in [3.63, 3.8) is 0 Å². The Labute approximate surface area is 159 Å². The third kappa shape index (κ3) is 3.48. The van der Waals surface area contributed by atoms with Gasteiger partial charge in [-0.2, -0.15) is 5.10 Å². The van der Waals surface area contributed by atoms with E-state index in [2.05, 4.69) is 15.1 Å². The maximum Gasteiger partial charge on any atom is 0.274 e. The number of hydrogen-bond donors (Lipinski definition) is 1. The normalized spacial score (nSPS) is 27.7. The fourth-order valence-corrected chi connectivity index (χ4v) is 4.57. The van der Waals surface area contributed by atoms with Gasteiger partial charge < -0.3 is 14.5 Å². The third-order valence-electron chi connectivity index (χ3n) is 6.08. The molecule has 4 heterocycles. The number of nitrogens with one attached hydrogen (secondary N) is 1. The summed E-state index contributed by atoms with van der Waals surface area (Å²) in [5, 5.41) is 7.33. The molecule has 1 aromatic rings. The van der Waals surface area contributed by atoms with Crippen LogP contribution in [-0.2, 0) is 16.0 Å². The highest BCUT2D eigenvalue weighted by molar-refractivity contribution is 5.94. The van der Waals surface area contributed by atoms with Crippen molar-refractivity contribution in [1.29, 1.82) is 0 Å². The van der Waals surface area contributed by atoms with Gasteiger partial charge in [0.05, 0.1) is 24.4 Å². The first-order chi connectivity index (χ1) is 12.9. The number of aromatic nitrogens is 2. The van der Waals surface area contributed by atoms with Crippen molar-refractivity contribution in [2.24, 2.45) is 0 Å². The maximum absolute atomic E-state index is 13.1. The number of likely N-dealkylation sites (tertiary alicyclic amines) is 1. The number of likely N-dealkylation sites (N-methyl/N-ethyl adjacent to an activating group) is 1. The number of amides is 2. The van der Waals surface area contributed by atoms with Gasteiger partial charge in [0.2, 0.25) is 5.91 Å². The fourth-order valence-electron chi connectivity index (χ4n) is 4.57. The first kappa shape index (κ1) is 18.4. The minimum Gasteiger partial charge on any atom is -0.369 e. The van der Waals surface area contributed by atoms with Gasteiger partial charge in [-0.05, 0) is 33.7 Å². The molecular weight excluding hydrogens is 346 g/mol. The average molecular weight is 375 g/mol. The number of aromatic amines is 1. The lowest BCUT2D eigenvalue weighted by Crippen LogP contribution is -2.55. The monoisotopic (exact) mass is 375 g/mol. The van der Waals surface area contributed by atoms with Crippen molar-refractivity contribution in [1.82, 2.24) is 24.9 Å². The highest BCUT2D eigenvalue weighted by Crippen LogP contribution is 2.31. The first-order valence-corrected chi connectivity index (χ1v) is 9.94. The van der Waals surface area contributed by atoms with Crippen LogP contribution in [0.15, 0.2) is 0 Å². The lowest BCUT2D eigenvalue weighted by atomic mass is 9.98. The Bertz CT molecular complexity index is 725. The van der Waals surface area contributed by atoms with E-state index in [0.29, 0.717) is 31.7 Å². The van der Waals surface area contributed by atoms with E-state index in [1.165, 1.54) is 0 Å². The maximum atomic E-state index is 13.1. The number of fused-ring (bicyclic) bond motifs is 1. The molecule has 1 aromatic heterocycles. The number of ether oxygens (including phenoxy) is 1. The molecule has 1 N–H and O–H groups in total. The molecule has 8 nitrogen and oxygen atoms in total. The van der Waals surface area contributed by atoms with Crippen LogP contribution < -0.4 is 0 Å². The number of carbonyl (C=O) groups is 2. The smallest absolute Gasteiger partial charge is 0.274 e. The molecule has 3 aliphatic heterocycles. The van der Waals surface area contributed by atoms with E-state index in [-0.39, 0.29) is 30.1 Å². The van der Waals surface area contributed by atoms with Gasteiger partial charge in [-0.1, -0.05) is 0 Å². The number of piperidine rings is 1. The van der Waals surface area contributed by atoms with Gasteiger partial charge in [0.15, 0.2) is 5.69 Å². The Kier molecular flexibility index (Phi) is 4.94. The van der Waals surface area contributed by atoms with Gasteiger partial charge >= 0.3 is 0 Å². The molecule has 148 valence electrons. The van der Waals surface area contributed by atoms with Crippen LogP contribution in [0.4, 0.5) is 0 Å². The Balaban J connectivity index is 1.40. The van der Waals surface area contributed by atoms with E-state index in [9.17, 15) is 9.59 Å². The second-order valence-corrected chi connectivity index (χ2v) is 8.11. The predicted molar refractivity (Wildman–Crippen MR) is 99.4 cm³/mol. The zero-order valence-corrected chi connectivity index (χ0v) is 16.4. The van der Waals surface area contributed by atoms with Crippen molar-refractivity contribution >= 4 is 11.8 Å². The second-order valence-electron chi connectivity index (χ2n) is 8.11. The van der Waals surface area contributed by atoms with Crippen molar-refractivity contribution < 1.29 is 14.3 Å². The Morgan fingerprint density at radius 2 is 1.93 bits per heavy atom. The molecule has 0 aliphatic carbocycles. The van der Waals surface area contributed by atoms with Crippen LogP contribution in [0, 0.1) is 0 Å². The van der Waals surface area contributed by atoms with Crippen LogP contribution >= 0.6 is 0 Å². The predicted octanol–water partition coefficient (Wildman–Crippen LogP) is 0.811. The van der Waals surface area contributed by atoms with Gasteiger partial charge in [-0.15, -0.1) is 0 Å². The highest BCUT2D eigenvalue weighted by atomic mass is 16.5. The summed E-state index contributed by atoms with van der Waals surface area (Å²) < 4.78 is 5.81. The van der Waals surface area contributed by atoms with Crippen molar-refractivity contribution in [3.8, 4) is 0 Å². The number of H-pyrrole nitrogens is 1. The number of nitrogens with zero attached hydrogens (tertiary/aromatic N) is 4. The van der Waals surface area contributed by atoms with Crippen LogP contribution in [0.1, 0.15) is 54.5 Å². The molecule has 0 unspecified atom stereocenters. The zero-order valence-electron chi connectivity index (χ0n) is 16.4. The van der Waals surface area contributed by atoms with Gasteiger partial charge in [0.25, 0.3) is 5.91 Å². The van der Waals surface area contributed by atoms with Crippen LogP contribution in [0.3, 0.4) is 0 Å². The topological polar surface area (TPSA) is 81.8 Å². The Hall–Kier alpha value is -1.93. The molecular formula is C19H29N5O3. The summed E-state index contributed by atoms with van der Waals surface area (Å²) in [7, 11) is 1.98. The summed E-state index contributed by atoms with van der Waals surface area (Å²) in [5.74, 6) is 0.204. The molecule has 3 aliphatic rings. The zero-order chi connectivity index (χ0) is 19.1. The standard InChI is InChI=1S/C19H29N5O3/c1-12-10-15-17(13(2)27-12)20-21-18(15)19(26)23-6-4-14(5-7-23)24-9-8-22(3)11-16(24)25/h12-14H,4-11H2,1-3H3,(H,20,21)/t12-,13+/m1/s1. The molecule has 2 fully saturated rings. The minimum atomic E-state index is -0.0632. The number of rotatable bonds is 2. The minimum absolute atomic E-state index is 0.00282. The van der Waals surface area contributed by atoms with E-state index in [1.54, 1.807) is 0 Å². The molecule has 0 bridgehead atoms. The molecule has 27 heavy (non-hydrogen) atoms. The molecule has 2 amide bonds. The van der Waals surface area contributed by atoms with Crippen LogP contribution in [0.5, 0.6) is 0 Å². The summed E-state index contributed by atoms with van der Waals surface area (Å²) in [6, 6.07) is 0.247. The van der Waals surface area contributed by atoms with Crippen molar-refractivity contribution in [2.45, 2.75) is 51.4 Å². The summed E-state index contributed by atoms with van der Waals surface area (Å²) in [5.41, 5.74) is 2.47. The Morgan fingerprint density at radius 3 is 2.63 bits per heavy atom. The van der Waals surface area contributed by atoms with Crippen LogP contribution in [-0.4, -0.2) is 88.6 Å². The fraction of sp³-hybridized carbons (Fsp3) is 0.737. The van der Waals surface area contributed by atoms with E-state index >= 15 is 0 Å². The Morgan fingerprint density at radius 1 is 1.19 bits per heavy atom. The van der Waals surface area contributed by atoms with Gasteiger partial charge in [-0.3, -0.25) is 19.6 Å². The van der Waals surface area contributed by atoms with E-state index < -0.39 is 0 Å². The SMILES string of the molecule is C[C@@H]1Cc2c(C(=O)N3CCC(N4CCN(C)CC4=O)CC3)n[nH]c2[C@H](C)O1. The van der Waals surface area contributed by atoms with Gasteiger partial charge in [-0.25, -0.2) is 0 Å². The van der Waals surface area contributed by atoms with Crippen LogP contribution in [0.2, 0.25) is 0 Å². The molecule has 0 spiro atoms. The molecule has 2 saturated heterocycles. The molecule has 0 radical (unpaired) electrons. The van der Waals surface area contributed by atoms with Gasteiger partial charge in [0.1, 0.15) is 0 Å². The third-order valence-corrected chi connectivity index (χ3v) is 6.08. The quantitative estimate of drug-likeness (QED) is 0.827. The molecule has 2 atom stereocenters. The largest absolute Gasteiger partial charge is 0.369 e. The van der Waals surface area contributed by atoms with Crippen molar-refractivity contribution in [2.75, 3.05) is 39.8 Å². The van der Waals surface area contributed by atoms with Crippen LogP contribution in [0.25, 0.3) is 0 Å². The molecule has 4 rings (SSSR count). The first-order valence-electron chi connectivity index (χ1n) is 9.94. The summed E-state index contributed by atoms with van der Waals surface area (Å²) >= 11 is 0. The van der Waals surface area contributed by atoms with E-state index in [4.69, 9.17) is 4.74 Å². The summed E-state index contributed by atoms with van der Waals surface area (Å²) in [4.78, 5) is 31.3. The summed E-state index contributed by atoms with van der Waals surface area (Å²) in [6.07, 6.45) is 2.41.